The number of nitrogens with two attached hydrogens (primary N) is 1. The maximum Gasteiger partial charge on any atom is 0.184 e. The maximum atomic E-state index is 13.6. The summed E-state index contributed by atoms with van der Waals surface area (Å²) >= 11 is 0. The van der Waals surface area contributed by atoms with E-state index in [0.717, 1.165) is 22.2 Å². The number of nitrogen functional groups attached to an aromatic ring is 1. The van der Waals surface area contributed by atoms with Crippen molar-refractivity contribution < 1.29 is 9.13 Å². The molecule has 0 saturated heterocycles. The van der Waals surface area contributed by atoms with Gasteiger partial charge >= 0.3 is 0 Å². The first-order valence-electron chi connectivity index (χ1n) is 6.62. The third-order valence-corrected chi connectivity index (χ3v) is 3.63. The highest BCUT2D eigenvalue weighted by molar-refractivity contribution is 5.95. The number of nitrogens with zero attached hydrogens (tertiary/aromatic N) is 3. The summed E-state index contributed by atoms with van der Waals surface area (Å²) in [4.78, 5) is 3.16. The second kappa shape index (κ2) is 4.45. The summed E-state index contributed by atoms with van der Waals surface area (Å²) in [5.41, 5.74) is 8.19. The van der Waals surface area contributed by atoms with Crippen molar-refractivity contribution in [2.75, 3.05) is 12.8 Å². The summed E-state index contributed by atoms with van der Waals surface area (Å²) in [6.45, 7) is 0. The van der Waals surface area contributed by atoms with Crippen LogP contribution < -0.4 is 10.5 Å². The molecule has 4 aromatic rings. The smallest absolute Gasteiger partial charge is 0.184 e. The molecule has 7 heteroatoms. The average Bonchev–Trinajstić information content (AvgIpc) is 3.09. The number of fused-ring (bicyclic) bond motifs is 2. The van der Waals surface area contributed by atoms with Crippen molar-refractivity contribution in [3.63, 3.8) is 0 Å². The van der Waals surface area contributed by atoms with Crippen LogP contribution in [0.15, 0.2) is 36.7 Å². The number of halogens is 1. The number of anilines is 1. The molecule has 0 radical (unpaired) electrons. The zero-order valence-electron chi connectivity index (χ0n) is 11.7. The van der Waals surface area contributed by atoms with Crippen molar-refractivity contribution in [1.82, 2.24) is 19.6 Å². The number of aromatic amines is 1. The van der Waals surface area contributed by atoms with Gasteiger partial charge in [-0.15, -0.1) is 10.2 Å². The lowest BCUT2D eigenvalue weighted by molar-refractivity contribution is 0.415. The normalized spacial score (nSPS) is 11.4. The second-order valence-electron chi connectivity index (χ2n) is 4.94. The van der Waals surface area contributed by atoms with E-state index < -0.39 is 5.82 Å². The van der Waals surface area contributed by atoms with E-state index in [9.17, 15) is 4.39 Å². The first kappa shape index (κ1) is 12.6. The number of benzene rings is 1. The number of ether oxygens (including phenoxy) is 1. The summed E-state index contributed by atoms with van der Waals surface area (Å²) in [5.74, 6) is 0.803. The van der Waals surface area contributed by atoms with Gasteiger partial charge in [-0.25, -0.2) is 4.39 Å². The van der Waals surface area contributed by atoms with Crippen LogP contribution in [0.3, 0.4) is 0 Å². The summed E-state index contributed by atoms with van der Waals surface area (Å²) in [7, 11) is 1.61. The number of H-pyrrole nitrogens is 1. The van der Waals surface area contributed by atoms with Gasteiger partial charge in [-0.3, -0.25) is 4.40 Å². The summed E-state index contributed by atoms with van der Waals surface area (Å²) in [5, 5.41) is 9.11. The Balaban J connectivity index is 2.03. The minimum absolute atomic E-state index is 0.246. The Bertz CT molecular complexity index is 1000. The fraction of sp³-hybridized carbons (Fsp3) is 0.0667. The van der Waals surface area contributed by atoms with Crippen LogP contribution in [-0.4, -0.2) is 26.7 Å². The molecule has 0 aliphatic carbocycles. The fourth-order valence-electron chi connectivity index (χ4n) is 2.58. The Morgan fingerprint density at radius 3 is 2.95 bits per heavy atom. The number of aromatic nitrogens is 4. The van der Waals surface area contributed by atoms with Gasteiger partial charge in [0.25, 0.3) is 0 Å². The van der Waals surface area contributed by atoms with Crippen molar-refractivity contribution in [2.24, 2.45) is 0 Å². The lowest BCUT2D eigenvalue weighted by atomic mass is 10.1. The van der Waals surface area contributed by atoms with Crippen molar-refractivity contribution >= 4 is 22.2 Å². The van der Waals surface area contributed by atoms with Crippen molar-refractivity contribution in [1.29, 1.82) is 0 Å². The molecule has 6 nitrogen and oxygen atoms in total. The van der Waals surface area contributed by atoms with E-state index in [2.05, 4.69) is 15.2 Å². The molecular formula is C15H12FN5O. The molecule has 110 valence electrons. The largest absolute Gasteiger partial charge is 0.497 e. The number of methoxy groups -OCH3 is 1. The summed E-state index contributed by atoms with van der Waals surface area (Å²) in [6, 6.07) is 6.90. The molecule has 3 N–H and O–H groups in total. The predicted octanol–water partition coefficient (Wildman–Crippen LogP) is 2.61. The molecular weight excluding hydrogens is 285 g/mol. The van der Waals surface area contributed by atoms with Crippen LogP contribution in [-0.2, 0) is 0 Å². The summed E-state index contributed by atoms with van der Waals surface area (Å²) in [6.07, 6.45) is 3.13. The van der Waals surface area contributed by atoms with Crippen molar-refractivity contribution in [2.45, 2.75) is 0 Å². The van der Waals surface area contributed by atoms with Gasteiger partial charge < -0.3 is 15.5 Å². The Hall–Kier alpha value is -3.09. The molecule has 22 heavy (non-hydrogen) atoms. The minimum atomic E-state index is -0.441. The van der Waals surface area contributed by atoms with Crippen LogP contribution in [0.25, 0.3) is 27.9 Å². The third kappa shape index (κ3) is 1.72. The van der Waals surface area contributed by atoms with E-state index in [4.69, 9.17) is 10.5 Å². The van der Waals surface area contributed by atoms with Crippen molar-refractivity contribution in [3.8, 4) is 17.1 Å². The number of rotatable bonds is 2. The maximum absolute atomic E-state index is 13.6. The van der Waals surface area contributed by atoms with Crippen LogP contribution in [0, 0.1) is 5.82 Å². The van der Waals surface area contributed by atoms with Crippen molar-refractivity contribution in [3.05, 3.63) is 42.5 Å². The second-order valence-corrected chi connectivity index (χ2v) is 4.94. The highest BCUT2D eigenvalue weighted by Crippen LogP contribution is 2.31. The molecule has 0 unspecified atom stereocenters. The molecule has 1 aromatic carbocycles. The summed E-state index contributed by atoms with van der Waals surface area (Å²) < 4.78 is 20.4. The first-order chi connectivity index (χ1) is 10.7. The highest BCUT2D eigenvalue weighted by Gasteiger charge is 2.15. The standard InChI is InChI=1S/C15H12FN5O/c1-22-9-2-3-13-10(5-9)11(6-18-13)14-19-20-15-12(17)4-8(16)7-21(14)15/h2-7,18H,17H2,1H3. The molecule has 3 aromatic heterocycles. The number of nitrogens with one attached hydrogen (secondary N) is 1. The molecule has 0 spiro atoms. The molecule has 0 amide bonds. The fourth-order valence-corrected chi connectivity index (χ4v) is 2.58. The number of pyridine rings is 1. The van der Waals surface area contributed by atoms with E-state index >= 15 is 0 Å². The SMILES string of the molecule is COc1ccc2[nH]cc(-c3nnc4c(N)cc(F)cn34)c2c1. The van der Waals surface area contributed by atoms with Gasteiger partial charge in [0.1, 0.15) is 11.6 Å². The molecule has 0 fully saturated rings. The van der Waals surface area contributed by atoms with Gasteiger partial charge in [0.15, 0.2) is 11.5 Å². The highest BCUT2D eigenvalue weighted by atomic mass is 19.1. The molecule has 0 atom stereocenters. The zero-order chi connectivity index (χ0) is 15.3. The van der Waals surface area contributed by atoms with Gasteiger partial charge in [-0.2, -0.15) is 0 Å². The third-order valence-electron chi connectivity index (χ3n) is 3.63. The molecule has 4 rings (SSSR count). The van der Waals surface area contributed by atoms with Gasteiger partial charge in [-0.05, 0) is 18.2 Å². The molecule has 0 bridgehead atoms. The molecule has 0 aliphatic heterocycles. The lowest BCUT2D eigenvalue weighted by Gasteiger charge is -2.02. The van der Waals surface area contributed by atoms with E-state index in [0.29, 0.717) is 11.5 Å². The van der Waals surface area contributed by atoms with Crippen LogP contribution in [0.2, 0.25) is 0 Å². The zero-order valence-corrected chi connectivity index (χ0v) is 11.7. The van der Waals surface area contributed by atoms with Gasteiger partial charge in [0.05, 0.1) is 12.8 Å². The Labute approximate surface area is 124 Å². The van der Waals surface area contributed by atoms with Crippen LogP contribution in [0.4, 0.5) is 10.1 Å². The van der Waals surface area contributed by atoms with E-state index in [1.165, 1.54) is 12.3 Å². The number of hydrogen-bond acceptors (Lipinski definition) is 4. The Morgan fingerprint density at radius 1 is 1.27 bits per heavy atom. The van der Waals surface area contributed by atoms with Gasteiger partial charge in [0, 0.05) is 34.9 Å². The van der Waals surface area contributed by atoms with Crippen LogP contribution >= 0.6 is 0 Å². The number of hydrogen-bond donors (Lipinski definition) is 2. The predicted molar refractivity (Wildman–Crippen MR) is 81.2 cm³/mol. The van der Waals surface area contributed by atoms with Crippen LogP contribution in [0.5, 0.6) is 5.75 Å². The van der Waals surface area contributed by atoms with Gasteiger partial charge in [-0.1, -0.05) is 0 Å². The molecule has 0 saturated carbocycles. The molecule has 3 heterocycles. The average molecular weight is 297 g/mol. The lowest BCUT2D eigenvalue weighted by Crippen LogP contribution is -1.96. The van der Waals surface area contributed by atoms with E-state index in [1.807, 2.05) is 24.4 Å². The Morgan fingerprint density at radius 2 is 2.14 bits per heavy atom. The quantitative estimate of drug-likeness (QED) is 0.596. The first-order valence-corrected chi connectivity index (χ1v) is 6.62. The molecule has 0 aliphatic rings. The van der Waals surface area contributed by atoms with E-state index in [-0.39, 0.29) is 5.69 Å². The Kier molecular flexibility index (Phi) is 2.56. The van der Waals surface area contributed by atoms with Crippen LogP contribution in [0.1, 0.15) is 0 Å². The topological polar surface area (TPSA) is 81.2 Å². The minimum Gasteiger partial charge on any atom is -0.497 e. The van der Waals surface area contributed by atoms with E-state index in [1.54, 1.807) is 11.5 Å². The monoisotopic (exact) mass is 297 g/mol. The van der Waals surface area contributed by atoms with Gasteiger partial charge in [0.2, 0.25) is 0 Å².